The zero-order valence-electron chi connectivity index (χ0n) is 17.1. The minimum absolute atomic E-state index is 0.232. The lowest BCUT2D eigenvalue weighted by Crippen LogP contribution is -2.38. The lowest BCUT2D eigenvalue weighted by molar-refractivity contribution is -0.142. The Morgan fingerprint density at radius 1 is 0.933 bits per heavy atom. The first kappa shape index (κ1) is 20.4. The molecular formula is C24H24N2O3S. The van der Waals surface area contributed by atoms with E-state index in [2.05, 4.69) is 37.4 Å². The van der Waals surface area contributed by atoms with E-state index in [1.54, 1.807) is 11.8 Å². The maximum atomic E-state index is 12.5. The van der Waals surface area contributed by atoms with Gasteiger partial charge in [-0.2, -0.15) is 0 Å². The largest absolute Gasteiger partial charge is 0.325 e. The molecule has 2 aromatic carbocycles. The number of fused-ring (bicyclic) bond motifs is 1. The van der Waals surface area contributed by atoms with E-state index >= 15 is 0 Å². The Hall–Kier alpha value is -2.86. The second-order valence-electron chi connectivity index (χ2n) is 7.84. The van der Waals surface area contributed by atoms with Crippen LogP contribution < -0.4 is 5.32 Å². The number of carbonyl (C=O) groups excluding carboxylic acids is 3. The fraction of sp³-hybridized carbons (Fsp3) is 0.292. The third-order valence-corrected chi connectivity index (χ3v) is 6.75. The van der Waals surface area contributed by atoms with Gasteiger partial charge < -0.3 is 5.32 Å². The molecular weight excluding hydrogens is 396 g/mol. The summed E-state index contributed by atoms with van der Waals surface area (Å²) >= 11 is 1.66. The molecule has 2 aliphatic rings. The summed E-state index contributed by atoms with van der Waals surface area (Å²) in [5.41, 5.74) is 3.16. The third kappa shape index (κ3) is 4.19. The molecule has 3 amide bonds. The van der Waals surface area contributed by atoms with Crippen molar-refractivity contribution in [1.82, 2.24) is 4.90 Å². The second-order valence-corrected chi connectivity index (χ2v) is 8.99. The number of nitrogens with zero attached hydrogens (tertiary/aromatic N) is 1. The van der Waals surface area contributed by atoms with Gasteiger partial charge in [0.2, 0.25) is 17.7 Å². The van der Waals surface area contributed by atoms with Crippen LogP contribution >= 0.6 is 11.8 Å². The number of likely N-dealkylation sites (tertiary alicyclic amines) is 1. The van der Waals surface area contributed by atoms with Gasteiger partial charge in [0.15, 0.2) is 0 Å². The highest BCUT2D eigenvalue weighted by molar-refractivity contribution is 7.99. The number of amides is 3. The maximum Gasteiger partial charge on any atom is 0.244 e. The van der Waals surface area contributed by atoms with Gasteiger partial charge in [-0.3, -0.25) is 19.3 Å². The van der Waals surface area contributed by atoms with Crippen LogP contribution in [0.3, 0.4) is 0 Å². The summed E-state index contributed by atoms with van der Waals surface area (Å²) < 4.78 is 0. The number of anilines is 1. The predicted molar refractivity (Wildman–Crippen MR) is 117 cm³/mol. The Morgan fingerprint density at radius 3 is 2.13 bits per heavy atom. The van der Waals surface area contributed by atoms with Gasteiger partial charge in [0, 0.05) is 15.5 Å². The number of benzene rings is 2. The van der Waals surface area contributed by atoms with Gasteiger partial charge in [-0.15, -0.1) is 0 Å². The van der Waals surface area contributed by atoms with Crippen LogP contribution in [0.1, 0.15) is 24.0 Å². The minimum Gasteiger partial charge on any atom is -0.325 e. The van der Waals surface area contributed by atoms with Crippen molar-refractivity contribution in [3.05, 3.63) is 65.7 Å². The Balaban J connectivity index is 1.35. The standard InChI is InChI=1S/C24H24N2O3S/c1-15-7-10-19(13-16(15)2)30-18-11-8-17(9-12-18)25-22(27)14-26-23(28)20-5-3-4-6-21(20)24(26)29/h3-4,7-13,20-21H,5-6,14H2,1-2H3,(H,25,27). The van der Waals surface area contributed by atoms with Crippen molar-refractivity contribution in [1.29, 1.82) is 0 Å². The fourth-order valence-corrected chi connectivity index (χ4v) is 4.80. The van der Waals surface area contributed by atoms with Gasteiger partial charge >= 0.3 is 0 Å². The Morgan fingerprint density at radius 2 is 1.53 bits per heavy atom. The summed E-state index contributed by atoms with van der Waals surface area (Å²) in [6.45, 7) is 3.96. The van der Waals surface area contributed by atoms with Crippen molar-refractivity contribution in [3.8, 4) is 0 Å². The van der Waals surface area contributed by atoms with E-state index in [-0.39, 0.29) is 36.1 Å². The van der Waals surface area contributed by atoms with Crippen LogP contribution in [0, 0.1) is 25.7 Å². The molecule has 0 saturated carbocycles. The zero-order chi connectivity index (χ0) is 21.3. The Bertz CT molecular complexity index is 1000. The number of rotatable bonds is 5. The van der Waals surface area contributed by atoms with E-state index in [1.165, 1.54) is 11.1 Å². The molecule has 1 heterocycles. The molecule has 1 saturated heterocycles. The molecule has 4 rings (SSSR count). The van der Waals surface area contributed by atoms with Crippen molar-refractivity contribution in [3.63, 3.8) is 0 Å². The number of aryl methyl sites for hydroxylation is 2. The molecule has 1 N–H and O–H groups in total. The lowest BCUT2D eigenvalue weighted by Gasteiger charge is -2.14. The van der Waals surface area contributed by atoms with Gasteiger partial charge in [-0.25, -0.2) is 0 Å². The first-order chi connectivity index (χ1) is 14.4. The average molecular weight is 421 g/mol. The van der Waals surface area contributed by atoms with Gasteiger partial charge in [-0.05, 0) is 74.2 Å². The van der Waals surface area contributed by atoms with E-state index < -0.39 is 0 Å². The fourth-order valence-electron chi connectivity index (χ4n) is 3.89. The molecule has 154 valence electrons. The number of hydrogen-bond donors (Lipinski definition) is 1. The highest BCUT2D eigenvalue weighted by atomic mass is 32.2. The molecule has 2 aromatic rings. The molecule has 0 spiro atoms. The van der Waals surface area contributed by atoms with E-state index in [0.717, 1.165) is 14.7 Å². The van der Waals surface area contributed by atoms with Crippen molar-refractivity contribution in [2.45, 2.75) is 36.5 Å². The van der Waals surface area contributed by atoms with Crippen LogP contribution in [0.5, 0.6) is 0 Å². The zero-order valence-corrected chi connectivity index (χ0v) is 17.9. The molecule has 0 bridgehead atoms. The minimum atomic E-state index is -0.363. The van der Waals surface area contributed by atoms with Gasteiger partial charge in [0.1, 0.15) is 6.54 Å². The quantitative estimate of drug-likeness (QED) is 0.577. The van der Waals surface area contributed by atoms with E-state index in [4.69, 9.17) is 0 Å². The average Bonchev–Trinajstić information content (AvgIpc) is 2.97. The topological polar surface area (TPSA) is 66.5 Å². The first-order valence-corrected chi connectivity index (χ1v) is 10.9. The molecule has 0 radical (unpaired) electrons. The highest BCUT2D eigenvalue weighted by Crippen LogP contribution is 2.35. The van der Waals surface area contributed by atoms with Crippen LogP contribution in [-0.2, 0) is 14.4 Å². The van der Waals surface area contributed by atoms with Gasteiger partial charge in [0.25, 0.3) is 0 Å². The van der Waals surface area contributed by atoms with E-state index in [9.17, 15) is 14.4 Å². The second kappa shape index (κ2) is 8.48. The molecule has 2 atom stereocenters. The molecule has 5 nitrogen and oxygen atoms in total. The maximum absolute atomic E-state index is 12.5. The lowest BCUT2D eigenvalue weighted by atomic mass is 9.85. The predicted octanol–water partition coefficient (Wildman–Crippen LogP) is 4.34. The molecule has 1 aliphatic carbocycles. The van der Waals surface area contributed by atoms with Crippen LogP contribution in [0.2, 0.25) is 0 Å². The van der Waals surface area contributed by atoms with Crippen LogP contribution in [0.25, 0.3) is 0 Å². The molecule has 1 aliphatic heterocycles. The smallest absolute Gasteiger partial charge is 0.244 e. The van der Waals surface area contributed by atoms with Crippen LogP contribution in [0.4, 0.5) is 5.69 Å². The summed E-state index contributed by atoms with van der Waals surface area (Å²) in [4.78, 5) is 40.8. The van der Waals surface area contributed by atoms with Crippen molar-refractivity contribution >= 4 is 35.2 Å². The van der Waals surface area contributed by atoms with Crippen molar-refractivity contribution in [2.24, 2.45) is 11.8 Å². The van der Waals surface area contributed by atoms with Gasteiger partial charge in [0.05, 0.1) is 11.8 Å². The summed E-state index contributed by atoms with van der Waals surface area (Å²) in [5.74, 6) is -1.44. The number of allylic oxidation sites excluding steroid dienone is 2. The Kier molecular flexibility index (Phi) is 5.77. The summed E-state index contributed by atoms with van der Waals surface area (Å²) in [5, 5.41) is 2.79. The summed E-state index contributed by atoms with van der Waals surface area (Å²) in [7, 11) is 0. The Labute approximate surface area is 180 Å². The summed E-state index contributed by atoms with van der Waals surface area (Å²) in [6, 6.07) is 13.9. The number of imide groups is 1. The highest BCUT2D eigenvalue weighted by Gasteiger charge is 2.47. The van der Waals surface area contributed by atoms with E-state index in [0.29, 0.717) is 18.5 Å². The van der Waals surface area contributed by atoms with Crippen LogP contribution in [-0.4, -0.2) is 29.2 Å². The molecule has 1 fully saturated rings. The normalized spacial score (nSPS) is 20.4. The van der Waals surface area contributed by atoms with Crippen molar-refractivity contribution in [2.75, 3.05) is 11.9 Å². The monoisotopic (exact) mass is 420 g/mol. The third-order valence-electron chi connectivity index (χ3n) is 5.75. The molecule has 2 unspecified atom stereocenters. The number of hydrogen-bond acceptors (Lipinski definition) is 4. The van der Waals surface area contributed by atoms with Crippen molar-refractivity contribution < 1.29 is 14.4 Å². The summed E-state index contributed by atoms with van der Waals surface area (Å²) in [6.07, 6.45) is 5.03. The number of nitrogens with one attached hydrogen (secondary N) is 1. The number of carbonyl (C=O) groups is 3. The SMILES string of the molecule is Cc1ccc(Sc2ccc(NC(=O)CN3C(=O)C4CC=CCC4C3=O)cc2)cc1C. The first-order valence-electron chi connectivity index (χ1n) is 10.1. The van der Waals surface area contributed by atoms with Gasteiger partial charge in [-0.1, -0.05) is 30.0 Å². The van der Waals surface area contributed by atoms with E-state index in [1.807, 2.05) is 36.4 Å². The molecule has 6 heteroatoms. The molecule has 30 heavy (non-hydrogen) atoms. The molecule has 0 aromatic heterocycles. The van der Waals surface area contributed by atoms with Crippen LogP contribution in [0.15, 0.2) is 64.4 Å².